The zero-order valence-electron chi connectivity index (χ0n) is 12.9. The van der Waals surface area contributed by atoms with E-state index in [-0.39, 0.29) is 18.1 Å². The predicted molar refractivity (Wildman–Crippen MR) is 90.5 cm³/mol. The second-order valence-electron chi connectivity index (χ2n) is 4.90. The molecule has 8 heteroatoms. The smallest absolute Gasteiger partial charge is 0.237 e. The summed E-state index contributed by atoms with van der Waals surface area (Å²) in [4.78, 5) is 14.2. The molecule has 6 nitrogen and oxygen atoms in total. The molecule has 0 fully saturated rings. The molecule has 0 bridgehead atoms. The highest BCUT2D eigenvalue weighted by Gasteiger charge is 2.17. The highest BCUT2D eigenvalue weighted by molar-refractivity contribution is 7.99. The number of hydrogen-bond acceptors (Lipinski definition) is 5. The zero-order valence-corrected chi connectivity index (χ0v) is 14.4. The van der Waals surface area contributed by atoms with E-state index in [2.05, 4.69) is 16.3 Å². The number of benzene rings is 1. The molecule has 1 heterocycles. The molecule has 0 aliphatic carbocycles. The van der Waals surface area contributed by atoms with E-state index in [0.29, 0.717) is 16.7 Å². The van der Waals surface area contributed by atoms with Crippen molar-refractivity contribution in [3.05, 3.63) is 35.1 Å². The number of carbonyl (C=O) groups excluding carboxylic acids is 1. The monoisotopic (exact) mass is 349 g/mol. The molecule has 0 atom stereocenters. The third-order valence-electron chi connectivity index (χ3n) is 3.20. The van der Waals surface area contributed by atoms with Gasteiger partial charge in [0.1, 0.15) is 6.33 Å². The Balaban J connectivity index is 2.13. The number of aromatic nitrogens is 3. The molecule has 1 aromatic carbocycles. The zero-order chi connectivity index (χ0) is 16.8. The summed E-state index contributed by atoms with van der Waals surface area (Å²) >= 11 is 7.35. The van der Waals surface area contributed by atoms with Gasteiger partial charge in [-0.1, -0.05) is 23.4 Å². The van der Waals surface area contributed by atoms with Gasteiger partial charge in [0.05, 0.1) is 18.2 Å². The fraction of sp³-hybridized carbons (Fsp3) is 0.333. The predicted octanol–water partition coefficient (Wildman–Crippen LogP) is 2.82. The molecular weight excluding hydrogens is 334 g/mol. The van der Waals surface area contributed by atoms with Gasteiger partial charge in [-0.15, -0.1) is 10.2 Å². The number of carbonyl (C=O) groups is 1. The molecule has 0 radical (unpaired) electrons. The maximum atomic E-state index is 12.6. The molecule has 0 aliphatic rings. The van der Waals surface area contributed by atoms with Crippen LogP contribution in [-0.4, -0.2) is 33.0 Å². The van der Waals surface area contributed by atoms with Gasteiger partial charge in [0, 0.05) is 24.3 Å². The lowest BCUT2D eigenvalue weighted by molar-refractivity contribution is -0.116. The highest BCUT2D eigenvalue weighted by Crippen LogP contribution is 2.24. The number of aryl methyl sites for hydroxylation is 2. The van der Waals surface area contributed by atoms with Crippen molar-refractivity contribution >= 4 is 35.0 Å². The van der Waals surface area contributed by atoms with Crippen molar-refractivity contribution in [2.75, 3.05) is 17.2 Å². The SMILES string of the molecule is Cc1cc(N(CCC#N)C(=O)CSc2nncn2C)ccc1Cl. The summed E-state index contributed by atoms with van der Waals surface area (Å²) in [5.41, 5.74) is 1.63. The molecule has 2 rings (SSSR count). The van der Waals surface area contributed by atoms with Crippen LogP contribution >= 0.6 is 23.4 Å². The summed E-state index contributed by atoms with van der Waals surface area (Å²) in [6.45, 7) is 2.23. The molecule has 1 amide bonds. The molecule has 0 saturated heterocycles. The molecule has 2 aromatic rings. The van der Waals surface area contributed by atoms with Crippen LogP contribution in [0, 0.1) is 18.3 Å². The fourth-order valence-corrected chi connectivity index (χ4v) is 2.85. The van der Waals surface area contributed by atoms with Crippen LogP contribution < -0.4 is 4.90 Å². The number of nitrogens with zero attached hydrogens (tertiary/aromatic N) is 5. The van der Waals surface area contributed by atoms with Crippen molar-refractivity contribution in [2.45, 2.75) is 18.5 Å². The summed E-state index contributed by atoms with van der Waals surface area (Å²) in [6.07, 6.45) is 1.85. The van der Waals surface area contributed by atoms with Gasteiger partial charge in [-0.2, -0.15) is 5.26 Å². The van der Waals surface area contributed by atoms with Crippen LogP contribution in [0.5, 0.6) is 0 Å². The fourth-order valence-electron chi connectivity index (χ4n) is 1.96. The molecule has 0 aliphatic heterocycles. The van der Waals surface area contributed by atoms with Gasteiger partial charge in [0.2, 0.25) is 5.91 Å². The largest absolute Gasteiger partial charge is 0.312 e. The first-order chi connectivity index (χ1) is 11.0. The summed E-state index contributed by atoms with van der Waals surface area (Å²) in [6, 6.07) is 7.47. The van der Waals surface area contributed by atoms with Gasteiger partial charge in [-0.05, 0) is 30.7 Å². The quantitative estimate of drug-likeness (QED) is 0.749. The summed E-state index contributed by atoms with van der Waals surface area (Å²) < 4.78 is 1.75. The molecule has 23 heavy (non-hydrogen) atoms. The molecular formula is C15H16ClN5OS. The normalized spacial score (nSPS) is 10.3. The van der Waals surface area contributed by atoms with Crippen LogP contribution in [0.1, 0.15) is 12.0 Å². The minimum atomic E-state index is -0.0880. The average molecular weight is 350 g/mol. The first-order valence-corrected chi connectivity index (χ1v) is 8.29. The lowest BCUT2D eigenvalue weighted by Crippen LogP contribution is -2.33. The molecule has 120 valence electrons. The Morgan fingerprint density at radius 3 is 2.91 bits per heavy atom. The van der Waals surface area contributed by atoms with Crippen LogP contribution in [-0.2, 0) is 11.8 Å². The lowest BCUT2D eigenvalue weighted by Gasteiger charge is -2.22. The van der Waals surface area contributed by atoms with Gasteiger partial charge in [0.15, 0.2) is 5.16 Å². The Hall–Kier alpha value is -2.04. The Morgan fingerprint density at radius 1 is 1.52 bits per heavy atom. The maximum Gasteiger partial charge on any atom is 0.237 e. The van der Waals surface area contributed by atoms with E-state index in [1.54, 1.807) is 27.9 Å². The van der Waals surface area contributed by atoms with E-state index in [0.717, 1.165) is 11.3 Å². The second-order valence-corrected chi connectivity index (χ2v) is 6.25. The molecule has 0 N–H and O–H groups in total. The van der Waals surface area contributed by atoms with Gasteiger partial charge in [-0.3, -0.25) is 4.79 Å². The summed E-state index contributed by atoms with van der Waals surface area (Å²) in [5, 5.41) is 17.9. The van der Waals surface area contributed by atoms with Crippen molar-refractivity contribution < 1.29 is 4.79 Å². The molecule has 1 aromatic heterocycles. The van der Waals surface area contributed by atoms with Gasteiger partial charge in [-0.25, -0.2) is 0 Å². The lowest BCUT2D eigenvalue weighted by atomic mass is 10.2. The van der Waals surface area contributed by atoms with Gasteiger partial charge < -0.3 is 9.47 Å². The van der Waals surface area contributed by atoms with Gasteiger partial charge in [0.25, 0.3) is 0 Å². The summed E-state index contributed by atoms with van der Waals surface area (Å²) in [5.74, 6) is 0.134. The number of rotatable bonds is 6. The number of hydrogen-bond donors (Lipinski definition) is 0. The molecule has 0 spiro atoms. The van der Waals surface area contributed by atoms with E-state index in [4.69, 9.17) is 16.9 Å². The number of thioether (sulfide) groups is 1. The highest BCUT2D eigenvalue weighted by atomic mass is 35.5. The average Bonchev–Trinajstić information content (AvgIpc) is 2.94. The van der Waals surface area contributed by atoms with Crippen LogP contribution in [0.15, 0.2) is 29.7 Å². The second kappa shape index (κ2) is 7.99. The Labute approximate surface area is 144 Å². The Kier molecular flexibility index (Phi) is 6.02. The number of nitriles is 1. The minimum Gasteiger partial charge on any atom is -0.312 e. The van der Waals surface area contributed by atoms with E-state index in [9.17, 15) is 4.79 Å². The van der Waals surface area contributed by atoms with E-state index < -0.39 is 0 Å². The van der Waals surface area contributed by atoms with Crippen molar-refractivity contribution in [1.29, 1.82) is 5.26 Å². The first-order valence-electron chi connectivity index (χ1n) is 6.93. The van der Waals surface area contributed by atoms with E-state index >= 15 is 0 Å². The number of anilines is 1. The Morgan fingerprint density at radius 2 is 2.30 bits per heavy atom. The topological polar surface area (TPSA) is 74.8 Å². The minimum absolute atomic E-state index is 0.0880. The van der Waals surface area contributed by atoms with Crippen LogP contribution in [0.3, 0.4) is 0 Å². The van der Waals surface area contributed by atoms with E-state index in [1.165, 1.54) is 11.8 Å². The third kappa shape index (κ3) is 4.47. The Bertz CT molecular complexity index is 740. The third-order valence-corrected chi connectivity index (χ3v) is 4.64. The van der Waals surface area contributed by atoms with Crippen molar-refractivity contribution in [2.24, 2.45) is 7.05 Å². The summed E-state index contributed by atoms with van der Waals surface area (Å²) in [7, 11) is 1.82. The maximum absolute atomic E-state index is 12.6. The van der Waals surface area contributed by atoms with Crippen molar-refractivity contribution in [1.82, 2.24) is 14.8 Å². The standard InChI is InChI=1S/C15H16ClN5OS/c1-11-8-12(4-5-13(11)16)21(7-3-6-17)14(22)9-23-15-19-18-10-20(15)2/h4-5,8,10H,3,7,9H2,1-2H3. The van der Waals surface area contributed by atoms with Crippen LogP contribution in [0.4, 0.5) is 5.69 Å². The first kappa shape index (κ1) is 17.3. The van der Waals surface area contributed by atoms with Gasteiger partial charge >= 0.3 is 0 Å². The van der Waals surface area contributed by atoms with Crippen LogP contribution in [0.25, 0.3) is 0 Å². The van der Waals surface area contributed by atoms with Crippen LogP contribution in [0.2, 0.25) is 5.02 Å². The molecule has 0 unspecified atom stereocenters. The van der Waals surface area contributed by atoms with Crippen molar-refractivity contribution in [3.8, 4) is 6.07 Å². The molecule has 0 saturated carbocycles. The van der Waals surface area contributed by atoms with E-state index in [1.807, 2.05) is 20.0 Å². The number of halogens is 1. The van der Waals surface area contributed by atoms with Crippen molar-refractivity contribution in [3.63, 3.8) is 0 Å². The number of amides is 1.